The zero-order valence-corrected chi connectivity index (χ0v) is 23.1. The Labute approximate surface area is 231 Å². The molecule has 0 saturated heterocycles. The number of benzene rings is 3. The van der Waals surface area contributed by atoms with Crippen molar-refractivity contribution in [2.24, 2.45) is 10.4 Å². The van der Waals surface area contributed by atoms with Crippen LogP contribution in [-0.4, -0.2) is 28.5 Å². The number of halogens is 1. The van der Waals surface area contributed by atoms with Crippen molar-refractivity contribution in [1.82, 2.24) is 4.90 Å². The molecule has 0 unspecified atom stereocenters. The van der Waals surface area contributed by atoms with E-state index in [4.69, 9.17) is 4.99 Å². The molecule has 3 aromatic rings. The largest absolute Gasteiger partial charge is 0.305 e. The molecule has 0 N–H and O–H groups in total. The lowest BCUT2D eigenvalue weighted by molar-refractivity contribution is -0.133. The summed E-state index contributed by atoms with van der Waals surface area (Å²) >= 11 is 0. The quantitative estimate of drug-likeness (QED) is 0.295. The van der Waals surface area contributed by atoms with Gasteiger partial charge in [-0.2, -0.15) is 0 Å². The van der Waals surface area contributed by atoms with Crippen LogP contribution in [0.5, 0.6) is 0 Å². The van der Waals surface area contributed by atoms with Gasteiger partial charge >= 0.3 is 0 Å². The van der Waals surface area contributed by atoms with E-state index in [9.17, 15) is 14.0 Å². The van der Waals surface area contributed by atoms with Crippen molar-refractivity contribution in [2.75, 3.05) is 0 Å². The third-order valence-electron chi connectivity index (χ3n) is 8.30. The van der Waals surface area contributed by atoms with Crippen LogP contribution < -0.4 is 0 Å². The van der Waals surface area contributed by atoms with Crippen LogP contribution in [0.15, 0.2) is 83.9 Å². The summed E-state index contributed by atoms with van der Waals surface area (Å²) in [5.41, 5.74) is 3.46. The first-order chi connectivity index (χ1) is 18.7. The van der Waals surface area contributed by atoms with E-state index in [1.807, 2.05) is 35.2 Å². The maximum atomic E-state index is 14.3. The van der Waals surface area contributed by atoms with Crippen LogP contribution in [0.25, 0.3) is 0 Å². The standard InChI is InChI=1S/C34H37FN2O2/c1-33(2,3)20-19-30(27-11-9-24(23-38)10-12-27)37-32(39)31(28-13-15-29(35)16-14-28)36-34(37)21-17-26(18-22-34)25-7-5-4-6-8-25/h4-16,23,26,30H,17-22H2,1-3H3/t26?,30-,34?/m1/s1. The molecule has 0 bridgehead atoms. The minimum atomic E-state index is -0.655. The van der Waals surface area contributed by atoms with E-state index in [0.717, 1.165) is 50.4 Å². The second kappa shape index (κ2) is 10.9. The van der Waals surface area contributed by atoms with E-state index < -0.39 is 5.66 Å². The molecule has 1 aliphatic heterocycles. The average Bonchev–Trinajstić information content (AvgIpc) is 3.21. The molecular formula is C34H37FN2O2. The Morgan fingerprint density at radius 2 is 1.62 bits per heavy atom. The Bertz CT molecular complexity index is 1330. The van der Waals surface area contributed by atoms with Crippen molar-refractivity contribution in [1.29, 1.82) is 0 Å². The van der Waals surface area contributed by atoms with Crippen LogP contribution in [0.3, 0.4) is 0 Å². The Balaban J connectivity index is 1.55. The smallest absolute Gasteiger partial charge is 0.275 e. The summed E-state index contributed by atoms with van der Waals surface area (Å²) in [7, 11) is 0. The Morgan fingerprint density at radius 1 is 0.974 bits per heavy atom. The molecule has 1 spiro atoms. The van der Waals surface area contributed by atoms with Crippen molar-refractivity contribution >= 4 is 17.9 Å². The van der Waals surface area contributed by atoms with Crippen LogP contribution >= 0.6 is 0 Å². The number of rotatable bonds is 7. The molecule has 5 heteroatoms. The van der Waals surface area contributed by atoms with E-state index in [0.29, 0.717) is 22.8 Å². The lowest BCUT2D eigenvalue weighted by Crippen LogP contribution is -2.50. The Hall–Kier alpha value is -3.60. The number of hydrogen-bond acceptors (Lipinski definition) is 3. The minimum Gasteiger partial charge on any atom is -0.305 e. The molecule has 1 fully saturated rings. The summed E-state index contributed by atoms with van der Waals surface area (Å²) in [5, 5.41) is 0. The second-order valence-electron chi connectivity index (χ2n) is 12.2. The molecule has 5 rings (SSSR count). The third-order valence-corrected chi connectivity index (χ3v) is 8.30. The highest BCUT2D eigenvalue weighted by Gasteiger charge is 2.52. The summed E-state index contributed by atoms with van der Waals surface area (Å²) in [5.74, 6) is -0.00468. The van der Waals surface area contributed by atoms with Gasteiger partial charge in [0, 0.05) is 11.1 Å². The number of hydrogen-bond donors (Lipinski definition) is 0. The number of nitrogens with zero attached hydrogens (tertiary/aromatic N) is 2. The molecule has 1 aliphatic carbocycles. The van der Waals surface area contributed by atoms with Gasteiger partial charge in [-0.25, -0.2) is 4.39 Å². The fourth-order valence-corrected chi connectivity index (χ4v) is 6.14. The van der Waals surface area contributed by atoms with E-state index in [-0.39, 0.29) is 23.2 Å². The van der Waals surface area contributed by atoms with Gasteiger partial charge in [0.15, 0.2) is 0 Å². The number of aldehydes is 1. The molecule has 0 radical (unpaired) electrons. The van der Waals surface area contributed by atoms with Crippen LogP contribution in [0.4, 0.5) is 4.39 Å². The highest BCUT2D eigenvalue weighted by atomic mass is 19.1. The molecule has 4 nitrogen and oxygen atoms in total. The molecular weight excluding hydrogens is 487 g/mol. The summed E-state index contributed by atoms with van der Waals surface area (Å²) < 4.78 is 13.8. The highest BCUT2D eigenvalue weighted by molar-refractivity contribution is 6.46. The summed E-state index contributed by atoms with van der Waals surface area (Å²) in [6, 6.07) is 24.1. The Morgan fingerprint density at radius 3 is 2.21 bits per heavy atom. The minimum absolute atomic E-state index is 0.0858. The molecule has 39 heavy (non-hydrogen) atoms. The molecule has 0 aromatic heterocycles. The first-order valence-corrected chi connectivity index (χ1v) is 14.0. The molecule has 1 heterocycles. The maximum absolute atomic E-state index is 14.3. The lowest BCUT2D eigenvalue weighted by atomic mass is 9.77. The van der Waals surface area contributed by atoms with E-state index in [1.54, 1.807) is 12.1 Å². The van der Waals surface area contributed by atoms with Crippen molar-refractivity contribution in [2.45, 2.75) is 76.9 Å². The first kappa shape index (κ1) is 27.0. The zero-order chi connectivity index (χ0) is 27.6. The molecule has 2 aliphatic rings. The van der Waals surface area contributed by atoms with Gasteiger partial charge in [-0.15, -0.1) is 0 Å². The lowest BCUT2D eigenvalue weighted by Gasteiger charge is -2.46. The average molecular weight is 525 g/mol. The number of carbonyl (C=O) groups excluding carboxylic acids is 2. The van der Waals surface area contributed by atoms with E-state index in [2.05, 4.69) is 45.0 Å². The topological polar surface area (TPSA) is 49.7 Å². The summed E-state index contributed by atoms with van der Waals surface area (Å²) in [6.07, 6.45) is 5.95. The van der Waals surface area contributed by atoms with Gasteiger partial charge in [0.2, 0.25) is 0 Å². The van der Waals surface area contributed by atoms with E-state index >= 15 is 0 Å². The monoisotopic (exact) mass is 524 g/mol. The van der Waals surface area contributed by atoms with Gasteiger partial charge in [-0.3, -0.25) is 14.6 Å². The fraction of sp³-hybridized carbons (Fsp3) is 0.382. The van der Waals surface area contributed by atoms with Crippen molar-refractivity contribution in [3.63, 3.8) is 0 Å². The van der Waals surface area contributed by atoms with Gasteiger partial charge in [0.25, 0.3) is 5.91 Å². The maximum Gasteiger partial charge on any atom is 0.275 e. The molecule has 1 atom stereocenters. The first-order valence-electron chi connectivity index (χ1n) is 14.0. The van der Waals surface area contributed by atoms with Gasteiger partial charge in [0.1, 0.15) is 23.5 Å². The van der Waals surface area contributed by atoms with E-state index in [1.165, 1.54) is 17.7 Å². The zero-order valence-electron chi connectivity index (χ0n) is 23.1. The van der Waals surface area contributed by atoms with Gasteiger partial charge in [0.05, 0.1) is 6.04 Å². The normalized spacial score (nSPS) is 22.2. The summed E-state index contributed by atoms with van der Waals surface area (Å²) in [6.45, 7) is 6.64. The second-order valence-corrected chi connectivity index (χ2v) is 12.2. The number of aliphatic imine (C=N–C) groups is 1. The van der Waals surface area contributed by atoms with Crippen LogP contribution in [0, 0.1) is 11.2 Å². The highest BCUT2D eigenvalue weighted by Crippen LogP contribution is 2.49. The predicted molar refractivity (Wildman–Crippen MR) is 153 cm³/mol. The summed E-state index contributed by atoms with van der Waals surface area (Å²) in [4.78, 5) is 32.9. The predicted octanol–water partition coefficient (Wildman–Crippen LogP) is 7.89. The molecule has 202 valence electrons. The SMILES string of the molecule is CC(C)(C)CC[C@H](c1ccc(C=O)cc1)N1C(=O)C(c2ccc(F)cc2)=NC12CCC(c1ccccc1)CC2. The van der Waals surface area contributed by atoms with Crippen LogP contribution in [-0.2, 0) is 4.79 Å². The molecule has 3 aromatic carbocycles. The third kappa shape index (κ3) is 5.73. The van der Waals surface area contributed by atoms with Crippen LogP contribution in [0.2, 0.25) is 0 Å². The number of carbonyl (C=O) groups is 2. The van der Waals surface area contributed by atoms with Gasteiger partial charge in [-0.05, 0) is 85.3 Å². The molecule has 1 amide bonds. The van der Waals surface area contributed by atoms with Crippen molar-refractivity contribution in [3.8, 4) is 0 Å². The van der Waals surface area contributed by atoms with Gasteiger partial charge < -0.3 is 4.90 Å². The fourth-order valence-electron chi connectivity index (χ4n) is 6.14. The van der Waals surface area contributed by atoms with Crippen LogP contribution in [0.1, 0.15) is 98.3 Å². The Kier molecular flexibility index (Phi) is 7.53. The number of amides is 1. The van der Waals surface area contributed by atoms with Gasteiger partial charge in [-0.1, -0.05) is 75.4 Å². The molecule has 1 saturated carbocycles. The van der Waals surface area contributed by atoms with Crippen molar-refractivity contribution in [3.05, 3.63) is 107 Å². The van der Waals surface area contributed by atoms with Crippen molar-refractivity contribution < 1.29 is 14.0 Å².